The average Bonchev–Trinajstić information content (AvgIpc) is 2.61. The van der Waals surface area contributed by atoms with Gasteiger partial charge in [0.15, 0.2) is 5.75 Å². The van der Waals surface area contributed by atoms with Crippen molar-refractivity contribution in [1.29, 1.82) is 0 Å². The molecule has 0 bridgehead atoms. The van der Waals surface area contributed by atoms with E-state index in [2.05, 4.69) is 5.32 Å². The summed E-state index contributed by atoms with van der Waals surface area (Å²) in [4.78, 5) is 13.7. The number of hydrogen-bond donors (Lipinski definition) is 1. The summed E-state index contributed by atoms with van der Waals surface area (Å²) in [6.07, 6.45) is -6.46. The van der Waals surface area contributed by atoms with Crippen LogP contribution in [0, 0.1) is 0 Å². The van der Waals surface area contributed by atoms with Gasteiger partial charge in [0.25, 0.3) is 0 Å². The molecule has 5 nitrogen and oxygen atoms in total. The number of halogens is 5. The summed E-state index contributed by atoms with van der Waals surface area (Å²) in [5, 5.41) is 2.54. The Morgan fingerprint density at radius 3 is 2.16 bits per heavy atom. The van der Waals surface area contributed by atoms with E-state index in [0.717, 1.165) is 12.1 Å². The molecule has 0 unspecified atom stereocenters. The minimum Gasteiger partial charge on any atom is -0.455 e. The fourth-order valence-corrected chi connectivity index (χ4v) is 2.69. The molecule has 176 valence electrons. The van der Waals surface area contributed by atoms with E-state index in [1.807, 2.05) is 0 Å². The Morgan fingerprint density at radius 2 is 1.59 bits per heavy atom. The van der Waals surface area contributed by atoms with Gasteiger partial charge in [-0.15, -0.1) is 0 Å². The van der Waals surface area contributed by atoms with Crippen LogP contribution in [0.5, 0.6) is 11.5 Å². The van der Waals surface area contributed by atoms with E-state index in [1.165, 1.54) is 12.1 Å². The number of para-hydroxylation sites is 2. The van der Waals surface area contributed by atoms with Crippen molar-refractivity contribution in [3.8, 4) is 11.5 Å². The summed E-state index contributed by atoms with van der Waals surface area (Å²) < 4.78 is 77.1. The highest BCUT2D eigenvalue weighted by atomic mass is 19.4. The summed E-state index contributed by atoms with van der Waals surface area (Å²) in [7, 11) is 3.27. The van der Waals surface area contributed by atoms with Crippen LogP contribution in [-0.2, 0) is 17.2 Å². The molecule has 2 rings (SSSR count). The fraction of sp³-hybridized carbons (Fsp3) is 0.409. The van der Waals surface area contributed by atoms with Gasteiger partial charge in [-0.25, -0.2) is 4.79 Å². The number of nitrogens with zero attached hydrogens (tertiary/aromatic N) is 1. The van der Waals surface area contributed by atoms with E-state index in [4.69, 9.17) is 9.47 Å². The van der Waals surface area contributed by atoms with Gasteiger partial charge in [-0.05, 0) is 65.2 Å². The van der Waals surface area contributed by atoms with Crippen molar-refractivity contribution in [2.24, 2.45) is 0 Å². The molecule has 1 N–H and O–H groups in total. The van der Waals surface area contributed by atoms with Gasteiger partial charge in [-0.1, -0.05) is 12.1 Å². The molecule has 32 heavy (non-hydrogen) atoms. The minimum absolute atomic E-state index is 0.0404. The second-order valence-corrected chi connectivity index (χ2v) is 8.36. The molecular weight excluding hydrogens is 435 g/mol. The Morgan fingerprint density at radius 1 is 0.969 bits per heavy atom. The molecule has 0 saturated carbocycles. The third-order valence-corrected chi connectivity index (χ3v) is 4.01. The van der Waals surface area contributed by atoms with Crippen molar-refractivity contribution in [3.63, 3.8) is 0 Å². The monoisotopic (exact) mass is 460 g/mol. The summed E-state index contributed by atoms with van der Waals surface area (Å²) in [5.41, 5.74) is -1.57. The first-order valence-corrected chi connectivity index (χ1v) is 9.60. The minimum atomic E-state index is -5.73. The maximum Gasteiger partial charge on any atom is 0.458 e. The van der Waals surface area contributed by atoms with E-state index in [9.17, 15) is 26.7 Å². The van der Waals surface area contributed by atoms with Crippen LogP contribution >= 0.6 is 0 Å². The first kappa shape index (κ1) is 25.4. The lowest BCUT2D eigenvalue weighted by Gasteiger charge is -2.23. The van der Waals surface area contributed by atoms with E-state index >= 15 is 0 Å². The molecular formula is C22H25F5N2O3. The summed E-state index contributed by atoms with van der Waals surface area (Å²) in [6.45, 7) is 5.13. The first-order chi connectivity index (χ1) is 14.6. The quantitative estimate of drug-likeness (QED) is 0.497. The van der Waals surface area contributed by atoms with Gasteiger partial charge in [0.1, 0.15) is 11.4 Å². The third-order valence-electron chi connectivity index (χ3n) is 4.01. The number of carbonyl (C=O) groups is 1. The molecule has 2 aromatic carbocycles. The molecule has 0 heterocycles. The lowest BCUT2D eigenvalue weighted by atomic mass is 10.0. The maximum absolute atomic E-state index is 13.8. The molecule has 0 radical (unpaired) electrons. The zero-order valence-electron chi connectivity index (χ0n) is 18.3. The van der Waals surface area contributed by atoms with E-state index in [1.54, 1.807) is 51.9 Å². The fourth-order valence-electron chi connectivity index (χ4n) is 2.69. The summed E-state index contributed by atoms with van der Waals surface area (Å²) >= 11 is 0. The second-order valence-electron chi connectivity index (χ2n) is 8.36. The van der Waals surface area contributed by atoms with Crippen LogP contribution in [0.15, 0.2) is 42.5 Å². The zero-order valence-corrected chi connectivity index (χ0v) is 18.3. The average molecular weight is 460 g/mol. The number of ether oxygens (including phenoxy) is 2. The number of carbonyl (C=O) groups excluding carboxylic acids is 1. The van der Waals surface area contributed by atoms with Crippen molar-refractivity contribution in [1.82, 2.24) is 4.90 Å². The van der Waals surface area contributed by atoms with Gasteiger partial charge in [0.2, 0.25) is 0 Å². The highest BCUT2D eigenvalue weighted by molar-refractivity contribution is 5.87. The topological polar surface area (TPSA) is 50.8 Å². The number of anilines is 1. The van der Waals surface area contributed by atoms with E-state index < -0.39 is 29.4 Å². The lowest BCUT2D eigenvalue weighted by Crippen LogP contribution is -2.33. The van der Waals surface area contributed by atoms with Crippen LogP contribution in [0.25, 0.3) is 0 Å². The second kappa shape index (κ2) is 9.32. The highest BCUT2D eigenvalue weighted by Crippen LogP contribution is 2.45. The van der Waals surface area contributed by atoms with Crippen molar-refractivity contribution < 1.29 is 36.2 Å². The van der Waals surface area contributed by atoms with E-state index in [-0.39, 0.29) is 29.3 Å². The normalized spacial score (nSPS) is 12.6. The first-order valence-electron chi connectivity index (χ1n) is 9.60. The Kier molecular flexibility index (Phi) is 7.39. The van der Waals surface area contributed by atoms with Crippen LogP contribution in [0.4, 0.5) is 32.4 Å². The SMILES string of the molecule is CN(C)Cc1cc(C(F)(F)C(F)(F)F)ccc1Oc1ccccc1NC(=O)OC(C)(C)C. The van der Waals surface area contributed by atoms with Crippen molar-refractivity contribution in [2.45, 2.75) is 45.0 Å². The molecule has 2 aromatic rings. The van der Waals surface area contributed by atoms with Crippen LogP contribution in [-0.4, -0.2) is 36.9 Å². The molecule has 0 spiro atoms. The number of rotatable bonds is 6. The van der Waals surface area contributed by atoms with Gasteiger partial charge in [0.05, 0.1) is 5.69 Å². The molecule has 0 saturated heterocycles. The molecule has 0 atom stereocenters. The van der Waals surface area contributed by atoms with Crippen LogP contribution < -0.4 is 10.1 Å². The van der Waals surface area contributed by atoms with Crippen molar-refractivity contribution in [2.75, 3.05) is 19.4 Å². The number of benzene rings is 2. The summed E-state index contributed by atoms with van der Waals surface area (Å²) in [5.74, 6) is -4.78. The third kappa shape index (κ3) is 6.56. The Balaban J connectivity index is 2.40. The smallest absolute Gasteiger partial charge is 0.455 e. The zero-order chi connectivity index (χ0) is 24.3. The predicted molar refractivity (Wildman–Crippen MR) is 110 cm³/mol. The number of amides is 1. The van der Waals surface area contributed by atoms with Crippen LogP contribution in [0.1, 0.15) is 31.9 Å². The standard InChI is InChI=1S/C22H25F5N2O3/c1-20(2,3)32-19(30)28-16-8-6-7-9-18(16)31-17-11-10-15(12-14(17)13-29(4)5)21(23,24)22(25,26)27/h6-12H,13H2,1-5H3,(H,28,30). The Hall–Kier alpha value is -2.88. The molecule has 0 aliphatic rings. The summed E-state index contributed by atoms with van der Waals surface area (Å²) in [6, 6.07) is 8.80. The Bertz CT molecular complexity index is 953. The van der Waals surface area contributed by atoms with Gasteiger partial charge < -0.3 is 14.4 Å². The molecule has 1 amide bonds. The number of hydrogen-bond acceptors (Lipinski definition) is 4. The van der Waals surface area contributed by atoms with E-state index in [0.29, 0.717) is 6.07 Å². The lowest BCUT2D eigenvalue weighted by molar-refractivity contribution is -0.289. The molecule has 0 fully saturated rings. The van der Waals surface area contributed by atoms with Gasteiger partial charge >= 0.3 is 18.2 Å². The van der Waals surface area contributed by atoms with Gasteiger partial charge in [-0.2, -0.15) is 22.0 Å². The molecule has 0 aliphatic heterocycles. The molecule has 0 aliphatic carbocycles. The molecule has 10 heteroatoms. The highest BCUT2D eigenvalue weighted by Gasteiger charge is 2.58. The van der Waals surface area contributed by atoms with Crippen LogP contribution in [0.2, 0.25) is 0 Å². The maximum atomic E-state index is 13.8. The molecule has 0 aromatic heterocycles. The largest absolute Gasteiger partial charge is 0.458 e. The Labute approximate surface area is 183 Å². The van der Waals surface area contributed by atoms with Gasteiger partial charge in [-0.3, -0.25) is 5.32 Å². The van der Waals surface area contributed by atoms with Crippen molar-refractivity contribution in [3.05, 3.63) is 53.6 Å². The van der Waals surface area contributed by atoms with Crippen LogP contribution in [0.3, 0.4) is 0 Å². The van der Waals surface area contributed by atoms with Crippen molar-refractivity contribution >= 4 is 11.8 Å². The number of alkyl halides is 5. The predicted octanol–water partition coefficient (Wildman–Crippen LogP) is 6.54. The van der Waals surface area contributed by atoms with Gasteiger partial charge in [0, 0.05) is 17.7 Å². The number of nitrogens with one attached hydrogen (secondary N) is 1.